The van der Waals surface area contributed by atoms with Crippen molar-refractivity contribution in [2.45, 2.75) is 25.6 Å². The minimum absolute atomic E-state index is 0.189. The smallest absolute Gasteiger partial charge is 0.111 e. The third kappa shape index (κ3) is 5.90. The van der Waals surface area contributed by atoms with Crippen molar-refractivity contribution in [3.8, 4) is 11.8 Å². The maximum atomic E-state index is 8.85. The van der Waals surface area contributed by atoms with Gasteiger partial charge in [0.15, 0.2) is 0 Å². The molecule has 0 heterocycles. The monoisotopic (exact) mass is 162 g/mol. The summed E-state index contributed by atoms with van der Waals surface area (Å²) in [6, 6.07) is 0. The molecule has 0 bridgehead atoms. The van der Waals surface area contributed by atoms with E-state index in [0.717, 1.165) is 0 Å². The minimum atomic E-state index is -0.623. The fourth-order valence-corrected chi connectivity index (χ4v) is 0.488. The predicted molar refractivity (Wildman–Crippen MR) is 40.8 cm³/mol. The van der Waals surface area contributed by atoms with Crippen LogP contribution in [0.4, 0.5) is 0 Å². The summed E-state index contributed by atoms with van der Waals surface area (Å²) in [5.41, 5.74) is 0. The lowest BCUT2D eigenvalue weighted by molar-refractivity contribution is 0.204. The van der Waals surface area contributed by atoms with Crippen molar-refractivity contribution < 1.29 is 10.2 Å². The molecule has 0 fully saturated rings. The molecule has 0 saturated heterocycles. The molecule has 0 aromatic carbocycles. The second-order valence-electron chi connectivity index (χ2n) is 2.01. The molecule has 2 nitrogen and oxygen atoms in total. The van der Waals surface area contributed by atoms with Gasteiger partial charge in [0, 0.05) is 12.3 Å². The number of alkyl halides is 1. The summed E-state index contributed by atoms with van der Waals surface area (Å²) in [7, 11) is 0. The normalized spacial score (nSPS) is 15.2. The molecule has 0 aliphatic rings. The van der Waals surface area contributed by atoms with Gasteiger partial charge in [-0.1, -0.05) is 11.8 Å². The molecular weight excluding hydrogens is 152 g/mol. The van der Waals surface area contributed by atoms with Crippen molar-refractivity contribution >= 4 is 11.6 Å². The maximum Gasteiger partial charge on any atom is 0.111 e. The van der Waals surface area contributed by atoms with Gasteiger partial charge in [-0.25, -0.2) is 0 Å². The molecule has 0 saturated carbocycles. The van der Waals surface area contributed by atoms with Gasteiger partial charge in [-0.2, -0.15) is 0 Å². The first kappa shape index (κ1) is 9.77. The molecule has 0 aromatic rings. The van der Waals surface area contributed by atoms with Crippen LogP contribution in [0.15, 0.2) is 0 Å². The van der Waals surface area contributed by atoms with Crippen LogP contribution in [-0.2, 0) is 0 Å². The summed E-state index contributed by atoms with van der Waals surface area (Å²) < 4.78 is 0. The number of aliphatic hydroxyl groups is 2. The Kier molecular flexibility index (Phi) is 5.42. The van der Waals surface area contributed by atoms with E-state index in [-0.39, 0.29) is 5.88 Å². The Morgan fingerprint density at radius 2 is 2.10 bits per heavy atom. The Morgan fingerprint density at radius 1 is 1.50 bits per heavy atom. The van der Waals surface area contributed by atoms with Crippen molar-refractivity contribution in [2.75, 3.05) is 5.88 Å². The zero-order valence-corrected chi connectivity index (χ0v) is 6.60. The van der Waals surface area contributed by atoms with E-state index in [1.807, 2.05) is 0 Å². The van der Waals surface area contributed by atoms with Crippen LogP contribution >= 0.6 is 11.6 Å². The lowest BCUT2D eigenvalue weighted by atomic mass is 10.3. The average Bonchev–Trinajstić information content (AvgIpc) is 1.87. The van der Waals surface area contributed by atoms with Crippen molar-refractivity contribution in [1.82, 2.24) is 0 Å². The van der Waals surface area contributed by atoms with Crippen LogP contribution in [0.25, 0.3) is 0 Å². The molecule has 10 heavy (non-hydrogen) atoms. The SMILES string of the molecule is CC(O)C#CCC(O)CCl. The Hall–Kier alpha value is -0.230. The molecule has 0 spiro atoms. The van der Waals surface area contributed by atoms with E-state index in [0.29, 0.717) is 6.42 Å². The summed E-state index contributed by atoms with van der Waals surface area (Å²) in [6.45, 7) is 1.57. The highest BCUT2D eigenvalue weighted by Gasteiger charge is 1.96. The van der Waals surface area contributed by atoms with Crippen LogP contribution in [0.3, 0.4) is 0 Å². The molecule has 0 aliphatic carbocycles. The Bertz CT molecular complexity index is 134. The third-order valence-corrected chi connectivity index (χ3v) is 1.18. The van der Waals surface area contributed by atoms with Gasteiger partial charge in [-0.3, -0.25) is 0 Å². The van der Waals surface area contributed by atoms with Crippen LogP contribution in [0.1, 0.15) is 13.3 Å². The number of hydrogen-bond donors (Lipinski definition) is 2. The van der Waals surface area contributed by atoms with E-state index in [2.05, 4.69) is 11.8 Å². The molecule has 0 rings (SSSR count). The minimum Gasteiger partial charge on any atom is -0.391 e. The zero-order chi connectivity index (χ0) is 7.98. The topological polar surface area (TPSA) is 40.5 Å². The van der Waals surface area contributed by atoms with Gasteiger partial charge in [0.25, 0.3) is 0 Å². The van der Waals surface area contributed by atoms with Crippen LogP contribution in [0.2, 0.25) is 0 Å². The second kappa shape index (κ2) is 5.55. The summed E-state index contributed by atoms with van der Waals surface area (Å²) in [5, 5.41) is 17.5. The standard InChI is InChI=1S/C7H11ClO2/c1-6(9)3-2-4-7(10)5-8/h6-7,9-10H,4-5H2,1H3. The molecule has 2 N–H and O–H groups in total. The quantitative estimate of drug-likeness (QED) is 0.455. The molecule has 2 unspecified atom stereocenters. The van der Waals surface area contributed by atoms with Crippen molar-refractivity contribution in [1.29, 1.82) is 0 Å². The van der Waals surface area contributed by atoms with E-state index in [1.54, 1.807) is 6.92 Å². The number of halogens is 1. The first-order valence-corrected chi connectivity index (χ1v) is 3.60. The highest BCUT2D eigenvalue weighted by molar-refractivity contribution is 6.18. The van der Waals surface area contributed by atoms with Crippen molar-refractivity contribution in [2.24, 2.45) is 0 Å². The third-order valence-electron chi connectivity index (χ3n) is 0.827. The second-order valence-corrected chi connectivity index (χ2v) is 2.32. The van der Waals surface area contributed by atoms with Crippen molar-refractivity contribution in [3.05, 3.63) is 0 Å². The Balaban J connectivity index is 3.45. The van der Waals surface area contributed by atoms with Gasteiger partial charge in [-0.05, 0) is 6.92 Å². The van der Waals surface area contributed by atoms with Gasteiger partial charge in [0.05, 0.1) is 6.10 Å². The molecule has 0 aliphatic heterocycles. The maximum absolute atomic E-state index is 8.85. The highest BCUT2D eigenvalue weighted by Crippen LogP contribution is 1.91. The van der Waals surface area contributed by atoms with Gasteiger partial charge < -0.3 is 10.2 Å². The lowest BCUT2D eigenvalue weighted by Crippen LogP contribution is -2.06. The number of aliphatic hydroxyl groups excluding tert-OH is 2. The highest BCUT2D eigenvalue weighted by atomic mass is 35.5. The molecule has 3 heteroatoms. The van der Waals surface area contributed by atoms with Crippen molar-refractivity contribution in [3.63, 3.8) is 0 Å². The van der Waals surface area contributed by atoms with E-state index < -0.39 is 12.2 Å². The van der Waals surface area contributed by atoms with Crippen LogP contribution < -0.4 is 0 Å². The van der Waals surface area contributed by atoms with Crippen LogP contribution in [-0.4, -0.2) is 28.3 Å². The summed E-state index contributed by atoms with van der Waals surface area (Å²) in [4.78, 5) is 0. The summed E-state index contributed by atoms with van der Waals surface area (Å²) in [6.07, 6.45) is -0.871. The predicted octanol–water partition coefficient (Wildman–Crippen LogP) is 0.360. The van der Waals surface area contributed by atoms with E-state index >= 15 is 0 Å². The van der Waals surface area contributed by atoms with E-state index in [9.17, 15) is 0 Å². The van der Waals surface area contributed by atoms with Crippen LogP contribution in [0, 0.1) is 11.8 Å². The van der Waals surface area contributed by atoms with Gasteiger partial charge in [0.1, 0.15) is 6.10 Å². The fraction of sp³-hybridized carbons (Fsp3) is 0.714. The first-order valence-electron chi connectivity index (χ1n) is 3.07. The molecular formula is C7H11ClO2. The molecule has 58 valence electrons. The van der Waals surface area contributed by atoms with Gasteiger partial charge in [0.2, 0.25) is 0 Å². The van der Waals surface area contributed by atoms with E-state index in [4.69, 9.17) is 21.8 Å². The molecule has 0 radical (unpaired) electrons. The zero-order valence-electron chi connectivity index (χ0n) is 5.84. The van der Waals surface area contributed by atoms with Crippen LogP contribution in [0.5, 0.6) is 0 Å². The Labute approximate surface area is 65.8 Å². The average molecular weight is 163 g/mol. The van der Waals surface area contributed by atoms with Gasteiger partial charge >= 0.3 is 0 Å². The molecule has 0 aromatic heterocycles. The largest absolute Gasteiger partial charge is 0.391 e. The summed E-state index contributed by atoms with van der Waals surface area (Å²) in [5.74, 6) is 5.29. The van der Waals surface area contributed by atoms with Gasteiger partial charge in [-0.15, -0.1) is 11.6 Å². The lowest BCUT2D eigenvalue weighted by Gasteiger charge is -1.97. The number of hydrogen-bond acceptors (Lipinski definition) is 2. The summed E-state index contributed by atoms with van der Waals surface area (Å²) >= 11 is 5.29. The Morgan fingerprint density at radius 3 is 2.50 bits per heavy atom. The molecule has 2 atom stereocenters. The molecule has 0 amide bonds. The number of rotatable bonds is 2. The fourth-order valence-electron chi connectivity index (χ4n) is 0.379. The first-order chi connectivity index (χ1) is 4.66. The van der Waals surface area contributed by atoms with E-state index in [1.165, 1.54) is 0 Å².